The van der Waals surface area contributed by atoms with Gasteiger partial charge in [0.25, 0.3) is 0 Å². The molecule has 5 heteroatoms. The topological polar surface area (TPSA) is 66.8 Å². The van der Waals surface area contributed by atoms with Gasteiger partial charge in [-0.2, -0.15) is 0 Å². The third-order valence-corrected chi connectivity index (χ3v) is 2.99. The van der Waals surface area contributed by atoms with Crippen molar-refractivity contribution in [1.82, 2.24) is 9.47 Å². The maximum atomic E-state index is 8.78. The highest BCUT2D eigenvalue weighted by Crippen LogP contribution is 2.20. The number of rotatable bonds is 4. The van der Waals surface area contributed by atoms with Crippen molar-refractivity contribution in [1.29, 1.82) is 0 Å². The second kappa shape index (κ2) is 5.10. The Balaban J connectivity index is 2.42. The van der Waals surface area contributed by atoms with Gasteiger partial charge in [-0.1, -0.05) is 17.3 Å². The predicted molar refractivity (Wildman–Crippen MR) is 73.0 cm³/mol. The molecule has 1 aromatic heterocycles. The second-order valence-electron chi connectivity index (χ2n) is 4.54. The zero-order valence-electron chi connectivity index (χ0n) is 10.7. The standard InChI is InChI=1S/C13H18N4O/c1-16(2)8-9-17-7-6-10-11(13(14)15-18)4-3-5-12(10)17/h3-7,18H,8-9H2,1-2H3,(H2,14,15). The van der Waals surface area contributed by atoms with Crippen molar-refractivity contribution in [2.75, 3.05) is 20.6 Å². The quantitative estimate of drug-likeness (QED) is 0.370. The number of hydrogen-bond donors (Lipinski definition) is 2. The molecule has 1 heterocycles. The van der Waals surface area contributed by atoms with Crippen molar-refractivity contribution in [2.45, 2.75) is 6.54 Å². The lowest BCUT2D eigenvalue weighted by Gasteiger charge is -2.11. The summed E-state index contributed by atoms with van der Waals surface area (Å²) in [4.78, 5) is 2.14. The SMILES string of the molecule is CN(C)CCn1ccc2c(/C(N)=N/O)cccc21. The highest BCUT2D eigenvalue weighted by atomic mass is 16.4. The molecule has 96 valence electrons. The molecule has 0 aliphatic carbocycles. The first-order valence-electron chi connectivity index (χ1n) is 5.84. The van der Waals surface area contributed by atoms with E-state index in [1.807, 2.05) is 44.6 Å². The van der Waals surface area contributed by atoms with Crippen LogP contribution in [0.4, 0.5) is 0 Å². The maximum Gasteiger partial charge on any atom is 0.170 e. The molecule has 0 radical (unpaired) electrons. The van der Waals surface area contributed by atoms with Crippen LogP contribution in [-0.4, -0.2) is 41.1 Å². The van der Waals surface area contributed by atoms with Crippen LogP contribution in [0.3, 0.4) is 0 Å². The van der Waals surface area contributed by atoms with Crippen LogP contribution < -0.4 is 5.73 Å². The van der Waals surface area contributed by atoms with Crippen LogP contribution in [-0.2, 0) is 6.54 Å². The third-order valence-electron chi connectivity index (χ3n) is 2.99. The number of likely N-dealkylation sites (N-methyl/N-ethyl adjacent to an activating group) is 1. The summed E-state index contributed by atoms with van der Waals surface area (Å²) in [6, 6.07) is 7.81. The molecule has 0 saturated carbocycles. The van der Waals surface area contributed by atoms with Crippen LogP contribution in [0.25, 0.3) is 10.9 Å². The highest BCUT2D eigenvalue weighted by Gasteiger charge is 2.08. The molecule has 0 saturated heterocycles. The van der Waals surface area contributed by atoms with Gasteiger partial charge in [0.15, 0.2) is 5.84 Å². The Morgan fingerprint density at radius 1 is 1.39 bits per heavy atom. The van der Waals surface area contributed by atoms with E-state index in [2.05, 4.69) is 14.6 Å². The largest absolute Gasteiger partial charge is 0.409 e. The van der Waals surface area contributed by atoms with E-state index in [0.29, 0.717) is 0 Å². The molecule has 0 fully saturated rings. The summed E-state index contributed by atoms with van der Waals surface area (Å²) >= 11 is 0. The van der Waals surface area contributed by atoms with Gasteiger partial charge in [0, 0.05) is 35.8 Å². The fourth-order valence-corrected chi connectivity index (χ4v) is 2.00. The van der Waals surface area contributed by atoms with Gasteiger partial charge in [-0.15, -0.1) is 0 Å². The van der Waals surface area contributed by atoms with Crippen LogP contribution in [0.2, 0.25) is 0 Å². The number of amidine groups is 1. The monoisotopic (exact) mass is 246 g/mol. The molecule has 0 aliphatic rings. The number of nitrogens with zero attached hydrogens (tertiary/aromatic N) is 3. The summed E-state index contributed by atoms with van der Waals surface area (Å²) < 4.78 is 2.17. The summed E-state index contributed by atoms with van der Waals surface area (Å²) in [6.45, 7) is 1.88. The first kappa shape index (κ1) is 12.4. The van der Waals surface area contributed by atoms with E-state index in [9.17, 15) is 0 Å². The van der Waals surface area contributed by atoms with Crippen molar-refractivity contribution < 1.29 is 5.21 Å². The Hall–Kier alpha value is -2.01. The van der Waals surface area contributed by atoms with E-state index in [0.717, 1.165) is 29.6 Å². The summed E-state index contributed by atoms with van der Waals surface area (Å²) in [5.74, 6) is 0.144. The molecule has 2 rings (SSSR count). The molecule has 18 heavy (non-hydrogen) atoms. The lowest BCUT2D eigenvalue weighted by molar-refractivity contribution is 0.318. The predicted octanol–water partition coefficient (Wildman–Crippen LogP) is 1.30. The first-order chi connectivity index (χ1) is 8.63. The van der Waals surface area contributed by atoms with Crippen molar-refractivity contribution in [3.8, 4) is 0 Å². The summed E-state index contributed by atoms with van der Waals surface area (Å²) in [5, 5.41) is 12.9. The van der Waals surface area contributed by atoms with E-state index in [4.69, 9.17) is 10.9 Å². The molecule has 1 aromatic carbocycles. The Kier molecular flexibility index (Phi) is 3.53. The smallest absolute Gasteiger partial charge is 0.170 e. The Labute approximate surface area is 106 Å². The minimum atomic E-state index is 0.144. The Morgan fingerprint density at radius 2 is 2.17 bits per heavy atom. The van der Waals surface area contributed by atoms with Crippen LogP contribution >= 0.6 is 0 Å². The van der Waals surface area contributed by atoms with E-state index >= 15 is 0 Å². The van der Waals surface area contributed by atoms with Gasteiger partial charge < -0.3 is 20.4 Å². The number of aromatic nitrogens is 1. The molecular formula is C13H18N4O. The van der Waals surface area contributed by atoms with Crippen LogP contribution in [0, 0.1) is 0 Å². The zero-order valence-corrected chi connectivity index (χ0v) is 10.7. The lowest BCUT2D eigenvalue weighted by Crippen LogP contribution is -2.18. The van der Waals surface area contributed by atoms with Crippen LogP contribution in [0.1, 0.15) is 5.56 Å². The van der Waals surface area contributed by atoms with Crippen LogP contribution in [0.15, 0.2) is 35.6 Å². The molecule has 3 N–H and O–H groups in total. The Bertz CT molecular complexity index is 571. The molecule has 0 unspecified atom stereocenters. The fourth-order valence-electron chi connectivity index (χ4n) is 2.00. The van der Waals surface area contributed by atoms with Gasteiger partial charge >= 0.3 is 0 Å². The summed E-state index contributed by atoms with van der Waals surface area (Å²) in [5.41, 5.74) is 7.54. The molecule has 0 bridgehead atoms. The van der Waals surface area contributed by atoms with Gasteiger partial charge in [-0.3, -0.25) is 0 Å². The average molecular weight is 246 g/mol. The maximum absolute atomic E-state index is 8.78. The van der Waals surface area contributed by atoms with Gasteiger partial charge in [-0.05, 0) is 26.2 Å². The number of nitrogens with two attached hydrogens (primary N) is 1. The van der Waals surface area contributed by atoms with Gasteiger partial charge in [-0.25, -0.2) is 0 Å². The average Bonchev–Trinajstić information content (AvgIpc) is 2.78. The van der Waals surface area contributed by atoms with E-state index in [1.54, 1.807) is 0 Å². The minimum absolute atomic E-state index is 0.144. The number of hydrogen-bond acceptors (Lipinski definition) is 3. The van der Waals surface area contributed by atoms with Crippen molar-refractivity contribution >= 4 is 16.7 Å². The Morgan fingerprint density at radius 3 is 2.83 bits per heavy atom. The number of oxime groups is 1. The van der Waals surface area contributed by atoms with E-state index in [1.165, 1.54) is 0 Å². The molecule has 2 aromatic rings. The molecule has 5 nitrogen and oxygen atoms in total. The van der Waals surface area contributed by atoms with Crippen molar-refractivity contribution in [2.24, 2.45) is 10.9 Å². The molecular weight excluding hydrogens is 228 g/mol. The highest BCUT2D eigenvalue weighted by molar-refractivity contribution is 6.08. The van der Waals surface area contributed by atoms with Crippen molar-refractivity contribution in [3.05, 3.63) is 36.0 Å². The summed E-state index contributed by atoms with van der Waals surface area (Å²) in [6.07, 6.45) is 2.03. The van der Waals surface area contributed by atoms with Gasteiger partial charge in [0.2, 0.25) is 0 Å². The first-order valence-corrected chi connectivity index (χ1v) is 5.84. The molecule has 0 amide bonds. The van der Waals surface area contributed by atoms with Crippen LogP contribution in [0.5, 0.6) is 0 Å². The summed E-state index contributed by atoms with van der Waals surface area (Å²) in [7, 11) is 4.10. The minimum Gasteiger partial charge on any atom is -0.409 e. The molecule has 0 aliphatic heterocycles. The second-order valence-corrected chi connectivity index (χ2v) is 4.54. The fraction of sp³-hybridized carbons (Fsp3) is 0.308. The zero-order chi connectivity index (χ0) is 13.1. The number of fused-ring (bicyclic) bond motifs is 1. The van der Waals surface area contributed by atoms with Gasteiger partial charge in [0.1, 0.15) is 0 Å². The molecule has 0 spiro atoms. The van der Waals surface area contributed by atoms with E-state index < -0.39 is 0 Å². The lowest BCUT2D eigenvalue weighted by atomic mass is 10.1. The van der Waals surface area contributed by atoms with Gasteiger partial charge in [0.05, 0.1) is 0 Å². The van der Waals surface area contributed by atoms with E-state index in [-0.39, 0.29) is 5.84 Å². The molecule has 0 atom stereocenters. The number of benzene rings is 1. The normalized spacial score (nSPS) is 12.5. The van der Waals surface area contributed by atoms with Crippen molar-refractivity contribution in [3.63, 3.8) is 0 Å². The third kappa shape index (κ3) is 2.31.